The fraction of sp³-hybridized carbons (Fsp3) is 0.267. The third kappa shape index (κ3) is 2.36. The maximum Gasteiger partial charge on any atom is 0.141 e. The van der Waals surface area contributed by atoms with Crippen LogP contribution in [0.1, 0.15) is 16.0 Å². The lowest BCUT2D eigenvalue weighted by atomic mass is 9.98. The van der Waals surface area contributed by atoms with E-state index in [1.165, 1.54) is 22.5 Å². The Balaban J connectivity index is 1.69. The minimum Gasteiger partial charge on any atom is -0.299 e. The van der Waals surface area contributed by atoms with Crippen molar-refractivity contribution in [2.24, 2.45) is 5.92 Å². The summed E-state index contributed by atoms with van der Waals surface area (Å²) in [5, 5.41) is 0. The monoisotopic (exact) mass is 276 g/mol. The van der Waals surface area contributed by atoms with Gasteiger partial charge in [0.1, 0.15) is 5.78 Å². The number of rotatable bonds is 3. The van der Waals surface area contributed by atoms with E-state index in [2.05, 4.69) is 12.1 Å². The van der Waals surface area contributed by atoms with Crippen molar-refractivity contribution < 1.29 is 4.79 Å². The minimum atomic E-state index is 0.156. The number of carbonyl (C=O) groups excluding carboxylic acids is 1. The maximum absolute atomic E-state index is 12.3. The molecule has 1 nitrogen and oxygen atoms in total. The summed E-state index contributed by atoms with van der Waals surface area (Å²) in [5.74, 6) is 0.494. The lowest BCUT2D eigenvalue weighted by molar-refractivity contribution is -0.121. The van der Waals surface area contributed by atoms with Crippen molar-refractivity contribution in [2.75, 3.05) is 0 Å². The summed E-state index contributed by atoms with van der Waals surface area (Å²) < 4.78 is 0.757. The van der Waals surface area contributed by atoms with Gasteiger partial charge in [-0.15, -0.1) is 11.3 Å². The van der Waals surface area contributed by atoms with E-state index in [0.717, 1.165) is 22.1 Å². The Morgan fingerprint density at radius 1 is 1.17 bits per heavy atom. The Morgan fingerprint density at radius 3 is 2.39 bits per heavy atom. The fourth-order valence-corrected chi connectivity index (χ4v) is 3.65. The summed E-state index contributed by atoms with van der Waals surface area (Å²) in [7, 11) is 0. The van der Waals surface area contributed by atoms with E-state index >= 15 is 0 Å². The first kappa shape index (κ1) is 11.9. The Labute approximate surface area is 115 Å². The van der Waals surface area contributed by atoms with Crippen LogP contribution in [0.5, 0.6) is 0 Å². The smallest absolute Gasteiger partial charge is 0.141 e. The van der Waals surface area contributed by atoms with Crippen LogP contribution >= 0.6 is 22.9 Å². The van der Waals surface area contributed by atoms with Gasteiger partial charge in [0.2, 0.25) is 0 Å². The summed E-state index contributed by atoms with van der Waals surface area (Å²) in [4.78, 5) is 13.3. The number of fused-ring (bicyclic) bond motifs is 1. The second kappa shape index (κ2) is 4.87. The molecule has 0 amide bonds. The number of halogens is 1. The van der Waals surface area contributed by atoms with E-state index in [0.29, 0.717) is 12.2 Å². The molecule has 0 atom stereocenters. The highest BCUT2D eigenvalue weighted by Crippen LogP contribution is 2.29. The molecule has 0 spiro atoms. The summed E-state index contributed by atoms with van der Waals surface area (Å²) >= 11 is 7.39. The molecule has 2 aromatic rings. The Morgan fingerprint density at radius 2 is 1.83 bits per heavy atom. The van der Waals surface area contributed by atoms with Crippen molar-refractivity contribution >= 4 is 28.7 Å². The zero-order chi connectivity index (χ0) is 12.5. The third-order valence-corrected chi connectivity index (χ3v) is 4.71. The SMILES string of the molecule is O=C(Cc1ccc(Cl)s1)C1Cc2ccccc2C1. The number of hydrogen-bond acceptors (Lipinski definition) is 2. The normalized spacial score (nSPS) is 14.7. The van der Waals surface area contributed by atoms with Crippen LogP contribution in [0, 0.1) is 5.92 Å². The van der Waals surface area contributed by atoms with Gasteiger partial charge in [-0.3, -0.25) is 4.79 Å². The quantitative estimate of drug-likeness (QED) is 0.830. The second-order valence-electron chi connectivity index (χ2n) is 4.72. The summed E-state index contributed by atoms with van der Waals surface area (Å²) in [6.45, 7) is 0. The maximum atomic E-state index is 12.3. The van der Waals surface area contributed by atoms with Gasteiger partial charge in [0, 0.05) is 17.2 Å². The van der Waals surface area contributed by atoms with Crippen LogP contribution in [-0.4, -0.2) is 5.78 Å². The van der Waals surface area contributed by atoms with Gasteiger partial charge in [0.05, 0.1) is 4.34 Å². The van der Waals surface area contributed by atoms with Crippen molar-refractivity contribution in [1.82, 2.24) is 0 Å². The van der Waals surface area contributed by atoms with Crippen LogP contribution in [0.25, 0.3) is 0 Å². The molecule has 1 aliphatic rings. The Hall–Kier alpha value is -1.12. The topological polar surface area (TPSA) is 17.1 Å². The first-order chi connectivity index (χ1) is 8.72. The van der Waals surface area contributed by atoms with Crippen LogP contribution in [-0.2, 0) is 24.1 Å². The first-order valence-corrected chi connectivity index (χ1v) is 7.25. The van der Waals surface area contributed by atoms with E-state index in [9.17, 15) is 4.79 Å². The van der Waals surface area contributed by atoms with Gasteiger partial charge in [0.15, 0.2) is 0 Å². The van der Waals surface area contributed by atoms with Gasteiger partial charge in [-0.1, -0.05) is 35.9 Å². The van der Waals surface area contributed by atoms with Crippen LogP contribution in [0.3, 0.4) is 0 Å². The molecular formula is C15H13ClOS. The molecule has 92 valence electrons. The molecule has 1 aromatic heterocycles. The highest BCUT2D eigenvalue weighted by atomic mass is 35.5. The molecule has 0 N–H and O–H groups in total. The number of carbonyl (C=O) groups is 1. The molecule has 1 heterocycles. The number of Topliss-reactive ketones (excluding diaryl/α,β-unsaturated/α-hetero) is 1. The molecule has 18 heavy (non-hydrogen) atoms. The van der Waals surface area contributed by atoms with E-state index < -0.39 is 0 Å². The van der Waals surface area contributed by atoms with Crippen molar-refractivity contribution in [2.45, 2.75) is 19.3 Å². The summed E-state index contributed by atoms with van der Waals surface area (Å²) in [5.41, 5.74) is 2.67. The predicted molar refractivity (Wildman–Crippen MR) is 75.4 cm³/mol. The Bertz CT molecular complexity index is 563. The van der Waals surface area contributed by atoms with E-state index in [1.54, 1.807) is 0 Å². The van der Waals surface area contributed by atoms with Crippen LogP contribution in [0.4, 0.5) is 0 Å². The van der Waals surface area contributed by atoms with E-state index in [-0.39, 0.29) is 5.92 Å². The van der Waals surface area contributed by atoms with Crippen LogP contribution in [0.2, 0.25) is 4.34 Å². The molecule has 0 bridgehead atoms. The summed E-state index contributed by atoms with van der Waals surface area (Å²) in [6.07, 6.45) is 2.32. The lowest BCUT2D eigenvalue weighted by Gasteiger charge is -2.06. The molecule has 0 radical (unpaired) electrons. The van der Waals surface area contributed by atoms with Gasteiger partial charge < -0.3 is 0 Å². The lowest BCUT2D eigenvalue weighted by Crippen LogP contribution is -2.16. The standard InChI is InChI=1S/C15H13ClOS/c16-15-6-5-13(18-15)9-14(17)12-7-10-3-1-2-4-11(10)8-12/h1-6,12H,7-9H2. The molecule has 1 aliphatic carbocycles. The molecule has 0 saturated carbocycles. The average Bonchev–Trinajstić information content (AvgIpc) is 2.95. The molecule has 0 fully saturated rings. The Kier molecular flexibility index (Phi) is 3.23. The highest BCUT2D eigenvalue weighted by molar-refractivity contribution is 7.16. The number of ketones is 1. The van der Waals surface area contributed by atoms with Crippen LogP contribution < -0.4 is 0 Å². The number of hydrogen-bond donors (Lipinski definition) is 0. The van der Waals surface area contributed by atoms with E-state index in [4.69, 9.17) is 11.6 Å². The van der Waals surface area contributed by atoms with Gasteiger partial charge in [-0.05, 0) is 36.1 Å². The van der Waals surface area contributed by atoms with Gasteiger partial charge in [0.25, 0.3) is 0 Å². The average molecular weight is 277 g/mol. The van der Waals surface area contributed by atoms with Gasteiger partial charge >= 0.3 is 0 Å². The molecule has 3 heteroatoms. The van der Waals surface area contributed by atoms with Crippen molar-refractivity contribution in [3.63, 3.8) is 0 Å². The van der Waals surface area contributed by atoms with Crippen molar-refractivity contribution in [1.29, 1.82) is 0 Å². The predicted octanol–water partition coefficient (Wildman–Crippen LogP) is 3.93. The van der Waals surface area contributed by atoms with E-state index in [1.807, 2.05) is 24.3 Å². The van der Waals surface area contributed by atoms with Crippen LogP contribution in [0.15, 0.2) is 36.4 Å². The highest BCUT2D eigenvalue weighted by Gasteiger charge is 2.26. The van der Waals surface area contributed by atoms with Crippen molar-refractivity contribution in [3.8, 4) is 0 Å². The number of benzene rings is 1. The minimum absolute atomic E-state index is 0.156. The summed E-state index contributed by atoms with van der Waals surface area (Å²) in [6, 6.07) is 12.2. The zero-order valence-electron chi connectivity index (χ0n) is 9.86. The molecule has 0 unspecified atom stereocenters. The molecule has 1 aromatic carbocycles. The van der Waals surface area contributed by atoms with Gasteiger partial charge in [-0.2, -0.15) is 0 Å². The second-order valence-corrected chi connectivity index (χ2v) is 6.52. The van der Waals surface area contributed by atoms with Crippen molar-refractivity contribution in [3.05, 3.63) is 56.7 Å². The largest absolute Gasteiger partial charge is 0.299 e. The van der Waals surface area contributed by atoms with Gasteiger partial charge in [-0.25, -0.2) is 0 Å². The number of thiophene rings is 1. The molecule has 0 saturated heterocycles. The zero-order valence-corrected chi connectivity index (χ0v) is 11.4. The third-order valence-electron chi connectivity index (χ3n) is 3.48. The fourth-order valence-electron chi connectivity index (χ4n) is 2.55. The first-order valence-electron chi connectivity index (χ1n) is 6.06. The molecule has 0 aliphatic heterocycles. The molecule has 3 rings (SSSR count). The molecular weight excluding hydrogens is 264 g/mol.